The van der Waals surface area contributed by atoms with E-state index in [2.05, 4.69) is 9.88 Å². The highest BCUT2D eigenvalue weighted by Gasteiger charge is 2.25. The van der Waals surface area contributed by atoms with Gasteiger partial charge in [-0.3, -0.25) is 14.0 Å². The molecule has 6 nitrogen and oxygen atoms in total. The molecular formula is C19H19FN4O2S. The van der Waals surface area contributed by atoms with Crippen LogP contribution in [0, 0.1) is 19.7 Å². The van der Waals surface area contributed by atoms with Gasteiger partial charge in [-0.25, -0.2) is 9.37 Å². The second kappa shape index (κ2) is 6.77. The molecule has 1 aliphatic rings. The van der Waals surface area contributed by atoms with Crippen molar-refractivity contribution in [1.29, 1.82) is 0 Å². The number of carbonyl (C=O) groups excluding carboxylic acids is 1. The second-order valence-corrected chi connectivity index (χ2v) is 7.78. The molecule has 1 amide bonds. The number of thiazole rings is 1. The van der Waals surface area contributed by atoms with E-state index in [4.69, 9.17) is 0 Å². The fraction of sp³-hybridized carbons (Fsp3) is 0.316. The lowest BCUT2D eigenvalue weighted by molar-refractivity contribution is 0.0744. The third kappa shape index (κ3) is 3.10. The number of aromatic nitrogens is 2. The van der Waals surface area contributed by atoms with E-state index in [-0.39, 0.29) is 22.8 Å². The SMILES string of the molecule is Cc1sc2ncc(C(=O)N3CCN(c4ccc(F)cc4)CC3)c(=O)n2c1C. The van der Waals surface area contributed by atoms with Crippen LogP contribution in [0.1, 0.15) is 20.9 Å². The first-order valence-corrected chi connectivity index (χ1v) is 9.55. The van der Waals surface area contributed by atoms with Crippen LogP contribution in [0.5, 0.6) is 0 Å². The molecule has 0 N–H and O–H groups in total. The highest BCUT2D eigenvalue weighted by atomic mass is 32.1. The van der Waals surface area contributed by atoms with Gasteiger partial charge in [-0.05, 0) is 38.1 Å². The van der Waals surface area contributed by atoms with Crippen molar-refractivity contribution in [3.8, 4) is 0 Å². The van der Waals surface area contributed by atoms with Crippen LogP contribution in [0.25, 0.3) is 4.96 Å². The Balaban J connectivity index is 1.54. The van der Waals surface area contributed by atoms with Gasteiger partial charge in [-0.1, -0.05) is 0 Å². The number of halogens is 1. The molecule has 140 valence electrons. The molecule has 3 heterocycles. The zero-order chi connectivity index (χ0) is 19.1. The number of amides is 1. The maximum atomic E-state index is 13.1. The Morgan fingerprint density at radius 2 is 1.78 bits per heavy atom. The average Bonchev–Trinajstić information content (AvgIpc) is 2.97. The molecule has 0 unspecified atom stereocenters. The van der Waals surface area contributed by atoms with E-state index in [1.807, 2.05) is 13.8 Å². The van der Waals surface area contributed by atoms with E-state index in [0.29, 0.717) is 31.1 Å². The molecule has 1 fully saturated rings. The summed E-state index contributed by atoms with van der Waals surface area (Å²) in [5, 5.41) is 0. The third-order valence-corrected chi connectivity index (χ3v) is 6.08. The maximum Gasteiger partial charge on any atom is 0.271 e. The first kappa shape index (κ1) is 17.7. The van der Waals surface area contributed by atoms with Crippen molar-refractivity contribution < 1.29 is 9.18 Å². The van der Waals surface area contributed by atoms with Crippen molar-refractivity contribution in [2.24, 2.45) is 0 Å². The van der Waals surface area contributed by atoms with Crippen LogP contribution in [0.4, 0.5) is 10.1 Å². The lowest BCUT2D eigenvalue weighted by Crippen LogP contribution is -2.49. The summed E-state index contributed by atoms with van der Waals surface area (Å²) in [6.07, 6.45) is 1.39. The molecule has 1 saturated heterocycles. The molecule has 0 atom stereocenters. The Morgan fingerprint density at radius 1 is 1.11 bits per heavy atom. The lowest BCUT2D eigenvalue weighted by Gasteiger charge is -2.36. The predicted octanol–water partition coefficient (Wildman–Crippen LogP) is 2.47. The van der Waals surface area contributed by atoms with E-state index < -0.39 is 0 Å². The van der Waals surface area contributed by atoms with E-state index >= 15 is 0 Å². The minimum Gasteiger partial charge on any atom is -0.368 e. The van der Waals surface area contributed by atoms with Crippen LogP contribution in [0.2, 0.25) is 0 Å². The third-order valence-electron chi connectivity index (χ3n) is 5.01. The standard InChI is InChI=1S/C19H19FN4O2S/c1-12-13(2)27-19-21-11-16(18(26)24(12)19)17(25)23-9-7-22(8-10-23)15-5-3-14(20)4-6-15/h3-6,11H,7-10H2,1-2H3. The number of hydrogen-bond donors (Lipinski definition) is 0. The monoisotopic (exact) mass is 386 g/mol. The van der Waals surface area contributed by atoms with Gasteiger partial charge >= 0.3 is 0 Å². The number of piperazine rings is 1. The predicted molar refractivity (Wildman–Crippen MR) is 103 cm³/mol. The summed E-state index contributed by atoms with van der Waals surface area (Å²) in [5.41, 5.74) is 1.54. The summed E-state index contributed by atoms with van der Waals surface area (Å²) in [7, 11) is 0. The lowest BCUT2D eigenvalue weighted by atomic mass is 10.2. The summed E-state index contributed by atoms with van der Waals surface area (Å²) in [6, 6.07) is 6.33. The van der Waals surface area contributed by atoms with Crippen LogP contribution in [0.3, 0.4) is 0 Å². The van der Waals surface area contributed by atoms with Gasteiger partial charge < -0.3 is 9.80 Å². The van der Waals surface area contributed by atoms with Crippen molar-refractivity contribution in [3.63, 3.8) is 0 Å². The topological polar surface area (TPSA) is 57.9 Å². The van der Waals surface area contributed by atoms with E-state index in [1.165, 1.54) is 34.1 Å². The van der Waals surface area contributed by atoms with Crippen LogP contribution in [-0.2, 0) is 0 Å². The second-order valence-electron chi connectivity index (χ2n) is 6.59. The van der Waals surface area contributed by atoms with E-state index in [9.17, 15) is 14.0 Å². The molecule has 1 aromatic carbocycles. The van der Waals surface area contributed by atoms with Crippen molar-refractivity contribution >= 4 is 27.9 Å². The first-order chi connectivity index (χ1) is 13.0. The van der Waals surface area contributed by atoms with Crippen molar-refractivity contribution in [2.75, 3.05) is 31.1 Å². The Kier molecular flexibility index (Phi) is 4.43. The number of nitrogens with zero attached hydrogens (tertiary/aromatic N) is 4. The van der Waals surface area contributed by atoms with Gasteiger partial charge in [-0.15, -0.1) is 11.3 Å². The van der Waals surface area contributed by atoms with Gasteiger partial charge in [-0.2, -0.15) is 0 Å². The van der Waals surface area contributed by atoms with Crippen LogP contribution < -0.4 is 10.5 Å². The van der Waals surface area contributed by atoms with Gasteiger partial charge in [0.05, 0.1) is 0 Å². The molecule has 3 aromatic rings. The molecule has 0 spiro atoms. The van der Waals surface area contributed by atoms with Crippen molar-refractivity contribution in [2.45, 2.75) is 13.8 Å². The fourth-order valence-electron chi connectivity index (χ4n) is 3.31. The van der Waals surface area contributed by atoms with Crippen LogP contribution >= 0.6 is 11.3 Å². The minimum atomic E-state index is -0.312. The normalized spacial score (nSPS) is 14.8. The Bertz CT molecular complexity index is 1070. The zero-order valence-corrected chi connectivity index (χ0v) is 15.9. The number of anilines is 1. The number of fused-ring (bicyclic) bond motifs is 1. The van der Waals surface area contributed by atoms with Gasteiger partial charge in [0, 0.05) is 48.6 Å². The van der Waals surface area contributed by atoms with Crippen LogP contribution in [-0.4, -0.2) is 46.4 Å². The quantitative estimate of drug-likeness (QED) is 0.679. The van der Waals surface area contributed by atoms with Crippen molar-refractivity contribution in [3.05, 3.63) is 62.8 Å². The van der Waals surface area contributed by atoms with Gasteiger partial charge in [0.15, 0.2) is 4.96 Å². The number of rotatable bonds is 2. The Morgan fingerprint density at radius 3 is 2.44 bits per heavy atom. The largest absolute Gasteiger partial charge is 0.368 e. The number of benzene rings is 1. The molecule has 0 saturated carbocycles. The summed E-state index contributed by atoms with van der Waals surface area (Å²) in [4.78, 5) is 35.4. The minimum absolute atomic E-state index is 0.101. The molecule has 27 heavy (non-hydrogen) atoms. The van der Waals surface area contributed by atoms with Gasteiger partial charge in [0.25, 0.3) is 11.5 Å². The van der Waals surface area contributed by atoms with Crippen molar-refractivity contribution in [1.82, 2.24) is 14.3 Å². The number of aryl methyl sites for hydroxylation is 2. The summed E-state index contributed by atoms with van der Waals surface area (Å²) in [5.74, 6) is -0.557. The molecule has 0 bridgehead atoms. The summed E-state index contributed by atoms with van der Waals surface area (Å²) >= 11 is 1.44. The zero-order valence-electron chi connectivity index (χ0n) is 15.1. The average molecular weight is 386 g/mol. The fourth-order valence-corrected chi connectivity index (χ4v) is 4.24. The number of hydrogen-bond acceptors (Lipinski definition) is 5. The smallest absolute Gasteiger partial charge is 0.271 e. The maximum absolute atomic E-state index is 13.1. The first-order valence-electron chi connectivity index (χ1n) is 8.73. The van der Waals surface area contributed by atoms with E-state index in [1.54, 1.807) is 17.0 Å². The highest BCUT2D eigenvalue weighted by molar-refractivity contribution is 7.17. The molecule has 0 aliphatic carbocycles. The molecule has 2 aromatic heterocycles. The molecule has 1 aliphatic heterocycles. The van der Waals surface area contributed by atoms with E-state index in [0.717, 1.165) is 16.3 Å². The molecule has 4 rings (SSSR count). The molecule has 8 heteroatoms. The highest BCUT2D eigenvalue weighted by Crippen LogP contribution is 2.20. The number of carbonyl (C=O) groups is 1. The summed E-state index contributed by atoms with van der Waals surface area (Å²) in [6.45, 7) is 6.05. The van der Waals surface area contributed by atoms with Gasteiger partial charge in [0.1, 0.15) is 11.4 Å². The van der Waals surface area contributed by atoms with Crippen LogP contribution in [0.15, 0.2) is 35.3 Å². The molecule has 0 radical (unpaired) electrons. The van der Waals surface area contributed by atoms with Gasteiger partial charge in [0.2, 0.25) is 0 Å². The summed E-state index contributed by atoms with van der Waals surface area (Å²) < 4.78 is 14.6. The Hall–Kier alpha value is -2.74. The molecular weight excluding hydrogens is 367 g/mol. The Labute approximate surface area is 159 Å².